The van der Waals surface area contributed by atoms with E-state index in [9.17, 15) is 0 Å². The molecular weight excluding hydrogens is 230 g/mol. The maximum absolute atomic E-state index is 5.48. The number of aromatic nitrogens is 1. The summed E-state index contributed by atoms with van der Waals surface area (Å²) in [6, 6.07) is 2.39. The van der Waals surface area contributed by atoms with Crippen LogP contribution >= 0.6 is 15.9 Å². The standard InChI is InChI=1S/C9H14BrN3/c1-7(3-11)13-5-8-2-9(10)6-12-4-8/h2,4,6-7,13H,3,5,11H2,1H3. The molecule has 13 heavy (non-hydrogen) atoms. The highest BCUT2D eigenvalue weighted by molar-refractivity contribution is 9.10. The quantitative estimate of drug-likeness (QED) is 0.838. The van der Waals surface area contributed by atoms with Crippen molar-refractivity contribution in [3.63, 3.8) is 0 Å². The fraction of sp³-hybridized carbons (Fsp3) is 0.444. The van der Waals surface area contributed by atoms with Crippen molar-refractivity contribution in [1.82, 2.24) is 10.3 Å². The maximum Gasteiger partial charge on any atom is 0.0410 e. The zero-order chi connectivity index (χ0) is 9.68. The molecule has 0 aliphatic heterocycles. The van der Waals surface area contributed by atoms with Gasteiger partial charge in [0.1, 0.15) is 0 Å². The molecule has 0 saturated heterocycles. The summed E-state index contributed by atoms with van der Waals surface area (Å²) in [6.07, 6.45) is 3.62. The summed E-state index contributed by atoms with van der Waals surface area (Å²) < 4.78 is 1.01. The minimum Gasteiger partial charge on any atom is -0.329 e. The van der Waals surface area contributed by atoms with E-state index in [4.69, 9.17) is 5.73 Å². The van der Waals surface area contributed by atoms with E-state index in [-0.39, 0.29) is 0 Å². The molecule has 1 heterocycles. The van der Waals surface area contributed by atoms with Crippen molar-refractivity contribution in [2.75, 3.05) is 6.54 Å². The van der Waals surface area contributed by atoms with E-state index in [1.807, 2.05) is 12.3 Å². The van der Waals surface area contributed by atoms with Crippen LogP contribution in [0, 0.1) is 0 Å². The van der Waals surface area contributed by atoms with Crippen molar-refractivity contribution in [2.45, 2.75) is 19.5 Å². The molecule has 0 aliphatic carbocycles. The monoisotopic (exact) mass is 243 g/mol. The summed E-state index contributed by atoms with van der Waals surface area (Å²) >= 11 is 3.37. The van der Waals surface area contributed by atoms with Crippen LogP contribution in [0.25, 0.3) is 0 Å². The predicted octanol–water partition coefficient (Wildman–Crippen LogP) is 1.28. The van der Waals surface area contributed by atoms with Gasteiger partial charge >= 0.3 is 0 Å². The molecular formula is C9H14BrN3. The van der Waals surface area contributed by atoms with Crippen molar-refractivity contribution in [3.05, 3.63) is 28.5 Å². The Morgan fingerprint density at radius 2 is 2.38 bits per heavy atom. The van der Waals surface area contributed by atoms with Crippen LogP contribution in [0.15, 0.2) is 22.9 Å². The normalized spacial score (nSPS) is 12.8. The second kappa shape index (κ2) is 5.32. The van der Waals surface area contributed by atoms with Crippen LogP contribution in [-0.4, -0.2) is 17.6 Å². The summed E-state index contributed by atoms with van der Waals surface area (Å²) in [5.74, 6) is 0. The van der Waals surface area contributed by atoms with Crippen molar-refractivity contribution in [2.24, 2.45) is 5.73 Å². The Hall–Kier alpha value is -0.450. The fourth-order valence-electron chi connectivity index (χ4n) is 0.928. The molecule has 0 spiro atoms. The molecule has 1 unspecified atom stereocenters. The van der Waals surface area contributed by atoms with Crippen LogP contribution in [-0.2, 0) is 6.54 Å². The van der Waals surface area contributed by atoms with Gasteiger partial charge in [0.15, 0.2) is 0 Å². The molecule has 72 valence electrons. The average Bonchev–Trinajstić information content (AvgIpc) is 2.14. The third kappa shape index (κ3) is 3.85. The van der Waals surface area contributed by atoms with E-state index in [0.29, 0.717) is 12.6 Å². The van der Waals surface area contributed by atoms with Gasteiger partial charge in [0.25, 0.3) is 0 Å². The summed E-state index contributed by atoms with van der Waals surface area (Å²) in [6.45, 7) is 3.53. The van der Waals surface area contributed by atoms with E-state index in [1.54, 1.807) is 6.20 Å². The Bertz CT molecular complexity index is 265. The number of hydrogen-bond acceptors (Lipinski definition) is 3. The minimum atomic E-state index is 0.346. The number of nitrogens with one attached hydrogen (secondary N) is 1. The smallest absolute Gasteiger partial charge is 0.0410 e. The van der Waals surface area contributed by atoms with E-state index >= 15 is 0 Å². The minimum absolute atomic E-state index is 0.346. The molecule has 1 rings (SSSR count). The van der Waals surface area contributed by atoms with E-state index in [0.717, 1.165) is 16.6 Å². The molecule has 0 aromatic carbocycles. The first-order valence-electron chi connectivity index (χ1n) is 4.25. The average molecular weight is 244 g/mol. The summed E-state index contributed by atoms with van der Waals surface area (Å²) in [5, 5.41) is 3.29. The molecule has 0 fully saturated rings. The number of nitrogens with two attached hydrogens (primary N) is 1. The largest absolute Gasteiger partial charge is 0.329 e. The first-order valence-corrected chi connectivity index (χ1v) is 5.04. The Morgan fingerprint density at radius 1 is 1.62 bits per heavy atom. The Kier molecular flexibility index (Phi) is 4.35. The Balaban J connectivity index is 2.45. The SMILES string of the molecule is CC(CN)NCc1cncc(Br)c1. The van der Waals surface area contributed by atoms with Crippen LogP contribution in [0.5, 0.6) is 0 Å². The summed E-state index contributed by atoms with van der Waals surface area (Å²) in [7, 11) is 0. The fourth-order valence-corrected chi connectivity index (χ4v) is 1.34. The van der Waals surface area contributed by atoms with Gasteiger partial charge in [-0.15, -0.1) is 0 Å². The highest BCUT2D eigenvalue weighted by Crippen LogP contribution is 2.09. The zero-order valence-electron chi connectivity index (χ0n) is 7.63. The molecule has 0 bridgehead atoms. The molecule has 3 N–H and O–H groups in total. The molecule has 4 heteroatoms. The van der Waals surface area contributed by atoms with Crippen LogP contribution in [0.3, 0.4) is 0 Å². The Morgan fingerprint density at radius 3 is 3.00 bits per heavy atom. The van der Waals surface area contributed by atoms with E-state index < -0.39 is 0 Å². The number of nitrogens with zero attached hydrogens (tertiary/aromatic N) is 1. The second-order valence-corrected chi connectivity index (χ2v) is 3.94. The van der Waals surface area contributed by atoms with Crippen LogP contribution in [0.1, 0.15) is 12.5 Å². The van der Waals surface area contributed by atoms with Gasteiger partial charge < -0.3 is 11.1 Å². The molecule has 1 aromatic heterocycles. The third-order valence-electron chi connectivity index (χ3n) is 1.77. The number of halogens is 1. The second-order valence-electron chi connectivity index (χ2n) is 3.03. The van der Waals surface area contributed by atoms with Crippen LogP contribution in [0.4, 0.5) is 0 Å². The molecule has 0 amide bonds. The lowest BCUT2D eigenvalue weighted by atomic mass is 10.2. The van der Waals surface area contributed by atoms with Crippen molar-refractivity contribution >= 4 is 15.9 Å². The van der Waals surface area contributed by atoms with E-state index in [1.165, 1.54) is 0 Å². The van der Waals surface area contributed by atoms with Gasteiger partial charge in [-0.3, -0.25) is 4.98 Å². The van der Waals surface area contributed by atoms with Gasteiger partial charge in [-0.2, -0.15) is 0 Å². The van der Waals surface area contributed by atoms with Crippen LogP contribution in [0.2, 0.25) is 0 Å². The highest BCUT2D eigenvalue weighted by Gasteiger charge is 1.98. The molecule has 3 nitrogen and oxygen atoms in total. The third-order valence-corrected chi connectivity index (χ3v) is 2.20. The number of rotatable bonds is 4. The van der Waals surface area contributed by atoms with Gasteiger partial charge in [-0.1, -0.05) is 0 Å². The lowest BCUT2D eigenvalue weighted by Gasteiger charge is -2.10. The molecule has 0 saturated carbocycles. The first-order chi connectivity index (χ1) is 6.22. The van der Waals surface area contributed by atoms with Gasteiger partial charge in [0, 0.05) is 36.0 Å². The van der Waals surface area contributed by atoms with Gasteiger partial charge in [-0.05, 0) is 34.5 Å². The molecule has 0 radical (unpaired) electrons. The van der Waals surface area contributed by atoms with E-state index in [2.05, 4.69) is 33.2 Å². The Labute approximate surface area is 86.9 Å². The molecule has 0 aliphatic rings. The van der Waals surface area contributed by atoms with Crippen molar-refractivity contribution in [3.8, 4) is 0 Å². The number of hydrogen-bond donors (Lipinski definition) is 2. The predicted molar refractivity (Wildman–Crippen MR) is 57.3 cm³/mol. The summed E-state index contributed by atoms with van der Waals surface area (Å²) in [5.41, 5.74) is 6.64. The topological polar surface area (TPSA) is 50.9 Å². The lowest BCUT2D eigenvalue weighted by molar-refractivity contribution is 0.555. The molecule has 1 atom stereocenters. The van der Waals surface area contributed by atoms with Crippen LogP contribution < -0.4 is 11.1 Å². The first kappa shape index (κ1) is 10.6. The molecule has 1 aromatic rings. The zero-order valence-corrected chi connectivity index (χ0v) is 9.21. The van der Waals surface area contributed by atoms with Crippen molar-refractivity contribution < 1.29 is 0 Å². The maximum atomic E-state index is 5.48. The number of pyridine rings is 1. The lowest BCUT2D eigenvalue weighted by Crippen LogP contribution is -2.32. The van der Waals surface area contributed by atoms with Gasteiger partial charge in [0.2, 0.25) is 0 Å². The van der Waals surface area contributed by atoms with Gasteiger partial charge in [0.05, 0.1) is 0 Å². The highest BCUT2D eigenvalue weighted by atomic mass is 79.9. The van der Waals surface area contributed by atoms with Crippen molar-refractivity contribution in [1.29, 1.82) is 0 Å². The summed E-state index contributed by atoms with van der Waals surface area (Å²) in [4.78, 5) is 4.07. The van der Waals surface area contributed by atoms with Gasteiger partial charge in [-0.25, -0.2) is 0 Å².